The molecule has 6 nitrogen and oxygen atoms in total. The van der Waals surface area contributed by atoms with Gasteiger partial charge in [0.25, 0.3) is 0 Å². The van der Waals surface area contributed by atoms with E-state index >= 15 is 0 Å². The Balaban J connectivity index is 1.73. The van der Waals surface area contributed by atoms with E-state index in [1.54, 1.807) is 30.3 Å². The number of rotatable bonds is 7. The summed E-state index contributed by atoms with van der Waals surface area (Å²) in [4.78, 5) is 13.1. The Hall–Kier alpha value is -2.38. The summed E-state index contributed by atoms with van der Waals surface area (Å²) in [6.07, 6.45) is 1.24. The van der Waals surface area contributed by atoms with Gasteiger partial charge in [-0.2, -0.15) is 4.31 Å². The van der Waals surface area contributed by atoms with E-state index in [1.807, 2.05) is 45.0 Å². The van der Waals surface area contributed by atoms with Crippen LogP contribution in [0.25, 0.3) is 0 Å². The molecular formula is C22H28N2O4S. The molecule has 2 aromatic carbocycles. The molecule has 29 heavy (non-hydrogen) atoms. The Labute approximate surface area is 172 Å². The van der Waals surface area contributed by atoms with Gasteiger partial charge < -0.3 is 10.1 Å². The van der Waals surface area contributed by atoms with Crippen LogP contribution >= 0.6 is 0 Å². The molecule has 1 fully saturated rings. The van der Waals surface area contributed by atoms with Gasteiger partial charge in [-0.25, -0.2) is 8.42 Å². The number of ether oxygens (including phenoxy) is 1. The average Bonchev–Trinajstić information content (AvgIpc) is 3.19. The maximum atomic E-state index is 13.0. The second-order valence-corrected chi connectivity index (χ2v) is 9.45. The number of carbonyl (C=O) groups is 1. The molecule has 0 aromatic heterocycles. The fourth-order valence-corrected chi connectivity index (χ4v) is 5.22. The van der Waals surface area contributed by atoms with E-state index in [0.717, 1.165) is 11.3 Å². The largest absolute Gasteiger partial charge is 0.491 e. The van der Waals surface area contributed by atoms with E-state index < -0.39 is 16.1 Å². The molecule has 2 atom stereocenters. The van der Waals surface area contributed by atoms with Gasteiger partial charge in [0.05, 0.1) is 17.0 Å². The lowest BCUT2D eigenvalue weighted by atomic mass is 10.1. The molecule has 156 valence electrons. The van der Waals surface area contributed by atoms with Gasteiger partial charge in [0.15, 0.2) is 0 Å². The second kappa shape index (κ2) is 8.97. The van der Waals surface area contributed by atoms with Crippen molar-refractivity contribution in [3.63, 3.8) is 0 Å². The minimum Gasteiger partial charge on any atom is -0.491 e. The first-order chi connectivity index (χ1) is 13.8. The van der Waals surface area contributed by atoms with Crippen molar-refractivity contribution in [3.05, 3.63) is 60.2 Å². The highest BCUT2D eigenvalue weighted by Gasteiger charge is 2.39. The Kier molecular flexibility index (Phi) is 6.59. The van der Waals surface area contributed by atoms with Crippen LogP contribution in [0.4, 0.5) is 0 Å². The summed E-state index contributed by atoms with van der Waals surface area (Å²) in [5.74, 6) is 0.470. The lowest BCUT2D eigenvalue weighted by molar-refractivity contribution is -0.124. The Morgan fingerprint density at radius 1 is 1.10 bits per heavy atom. The van der Waals surface area contributed by atoms with E-state index in [1.165, 1.54) is 4.31 Å². The van der Waals surface area contributed by atoms with Gasteiger partial charge in [-0.15, -0.1) is 0 Å². The first kappa shape index (κ1) is 21.3. The van der Waals surface area contributed by atoms with Crippen molar-refractivity contribution in [2.45, 2.75) is 56.7 Å². The molecular weight excluding hydrogens is 388 g/mol. The lowest BCUT2D eigenvalue weighted by Crippen LogP contribution is -2.46. The zero-order chi connectivity index (χ0) is 21.0. The van der Waals surface area contributed by atoms with E-state index in [-0.39, 0.29) is 22.9 Å². The van der Waals surface area contributed by atoms with Gasteiger partial charge >= 0.3 is 0 Å². The van der Waals surface area contributed by atoms with Crippen LogP contribution in [0.1, 0.15) is 45.2 Å². The maximum Gasteiger partial charge on any atom is 0.243 e. The third kappa shape index (κ3) is 4.97. The van der Waals surface area contributed by atoms with E-state index in [4.69, 9.17) is 4.74 Å². The van der Waals surface area contributed by atoms with Gasteiger partial charge in [-0.05, 0) is 63.4 Å². The number of sulfonamides is 1. The molecule has 2 aromatic rings. The minimum absolute atomic E-state index is 0.0605. The number of hydrogen-bond acceptors (Lipinski definition) is 4. The van der Waals surface area contributed by atoms with Crippen LogP contribution in [0.5, 0.6) is 5.75 Å². The molecule has 3 rings (SSSR count). The number of hydrogen-bond donors (Lipinski definition) is 1. The molecule has 0 aliphatic carbocycles. The van der Waals surface area contributed by atoms with Crippen molar-refractivity contribution < 1.29 is 17.9 Å². The van der Waals surface area contributed by atoms with E-state index in [9.17, 15) is 13.2 Å². The van der Waals surface area contributed by atoms with Gasteiger partial charge in [0, 0.05) is 6.54 Å². The van der Waals surface area contributed by atoms with Gasteiger partial charge in [-0.3, -0.25) is 4.79 Å². The van der Waals surface area contributed by atoms with Crippen LogP contribution in [0, 0.1) is 0 Å². The summed E-state index contributed by atoms with van der Waals surface area (Å²) >= 11 is 0. The molecule has 0 spiro atoms. The Morgan fingerprint density at radius 2 is 1.83 bits per heavy atom. The van der Waals surface area contributed by atoms with Crippen LogP contribution in [-0.4, -0.2) is 37.3 Å². The highest BCUT2D eigenvalue weighted by Crippen LogP contribution is 2.27. The summed E-state index contributed by atoms with van der Waals surface area (Å²) < 4.78 is 33.0. The zero-order valence-electron chi connectivity index (χ0n) is 17.0. The van der Waals surface area contributed by atoms with Crippen molar-refractivity contribution in [2.75, 3.05) is 6.54 Å². The number of amides is 1. The van der Waals surface area contributed by atoms with Gasteiger partial charge in [0.1, 0.15) is 11.8 Å². The maximum absolute atomic E-state index is 13.0. The molecule has 0 saturated carbocycles. The molecule has 1 aliphatic heterocycles. The summed E-state index contributed by atoms with van der Waals surface area (Å²) in [5.41, 5.74) is 0.909. The quantitative estimate of drug-likeness (QED) is 0.750. The zero-order valence-corrected chi connectivity index (χ0v) is 17.9. The number of nitrogens with one attached hydrogen (secondary N) is 1. The minimum atomic E-state index is -3.70. The number of carbonyl (C=O) groups excluding carboxylic acids is 1. The highest BCUT2D eigenvalue weighted by molar-refractivity contribution is 7.89. The first-order valence-electron chi connectivity index (χ1n) is 9.93. The number of benzene rings is 2. The van der Waals surface area contributed by atoms with E-state index in [0.29, 0.717) is 19.4 Å². The van der Waals surface area contributed by atoms with Crippen molar-refractivity contribution in [1.82, 2.24) is 9.62 Å². The molecule has 1 amide bonds. The standard InChI is InChI=1S/C22H28N2O4S/c1-16(2)28-19-10-7-9-18(15-19)17(3)23-22(25)21-13-8-14-24(21)29(26,27)20-11-5-4-6-12-20/h4-7,9-12,15-17,21H,8,13-14H2,1-3H3,(H,23,25)/t17-,21+/m0/s1. The molecule has 7 heteroatoms. The Morgan fingerprint density at radius 3 is 2.52 bits per heavy atom. The molecule has 1 saturated heterocycles. The Bertz CT molecular complexity index is 944. The van der Waals surface area contributed by atoms with E-state index in [2.05, 4.69) is 5.32 Å². The summed E-state index contributed by atoms with van der Waals surface area (Å²) in [6.45, 7) is 6.15. The van der Waals surface area contributed by atoms with Crippen LogP contribution in [0.3, 0.4) is 0 Å². The van der Waals surface area contributed by atoms with Crippen LogP contribution < -0.4 is 10.1 Å². The predicted molar refractivity (Wildman–Crippen MR) is 112 cm³/mol. The molecule has 1 heterocycles. The third-order valence-electron chi connectivity index (χ3n) is 4.94. The summed E-state index contributed by atoms with van der Waals surface area (Å²) in [7, 11) is -3.70. The van der Waals surface area contributed by atoms with Crippen LogP contribution in [0.15, 0.2) is 59.5 Å². The molecule has 0 bridgehead atoms. The summed E-state index contributed by atoms with van der Waals surface area (Å²) in [6, 6.07) is 14.9. The molecule has 0 unspecified atom stereocenters. The van der Waals surface area contributed by atoms with Crippen LogP contribution in [-0.2, 0) is 14.8 Å². The van der Waals surface area contributed by atoms with Crippen molar-refractivity contribution in [1.29, 1.82) is 0 Å². The van der Waals surface area contributed by atoms with Gasteiger partial charge in [-0.1, -0.05) is 30.3 Å². The topological polar surface area (TPSA) is 75.7 Å². The molecule has 0 radical (unpaired) electrons. The van der Waals surface area contributed by atoms with Crippen molar-refractivity contribution >= 4 is 15.9 Å². The monoisotopic (exact) mass is 416 g/mol. The van der Waals surface area contributed by atoms with Crippen LogP contribution in [0.2, 0.25) is 0 Å². The third-order valence-corrected chi connectivity index (χ3v) is 6.87. The smallest absolute Gasteiger partial charge is 0.243 e. The lowest BCUT2D eigenvalue weighted by Gasteiger charge is -2.25. The fraction of sp³-hybridized carbons (Fsp3) is 0.409. The van der Waals surface area contributed by atoms with Crippen molar-refractivity contribution in [3.8, 4) is 5.75 Å². The molecule has 1 N–H and O–H groups in total. The highest BCUT2D eigenvalue weighted by atomic mass is 32.2. The number of nitrogens with zero attached hydrogens (tertiary/aromatic N) is 1. The fourth-order valence-electron chi connectivity index (χ4n) is 3.54. The SMILES string of the molecule is CC(C)Oc1cccc([C@H](C)NC(=O)[C@H]2CCCN2S(=O)(=O)c2ccccc2)c1. The summed E-state index contributed by atoms with van der Waals surface area (Å²) in [5, 5.41) is 2.97. The predicted octanol–water partition coefficient (Wildman–Crippen LogP) is 3.50. The van der Waals surface area contributed by atoms with Crippen molar-refractivity contribution in [2.24, 2.45) is 0 Å². The second-order valence-electron chi connectivity index (χ2n) is 7.56. The molecule has 1 aliphatic rings. The first-order valence-corrected chi connectivity index (χ1v) is 11.4. The normalized spacial score (nSPS) is 18.6. The average molecular weight is 417 g/mol. The van der Waals surface area contributed by atoms with Gasteiger partial charge in [0.2, 0.25) is 15.9 Å².